The molecular formula is C10H19NO6. The molecule has 100 valence electrons. The van der Waals surface area contributed by atoms with Gasteiger partial charge in [-0.05, 0) is 6.92 Å². The zero-order valence-corrected chi connectivity index (χ0v) is 10.2. The molecule has 0 rings (SSSR count). The highest BCUT2D eigenvalue weighted by atomic mass is 16.6. The van der Waals surface area contributed by atoms with Gasteiger partial charge in [0.1, 0.15) is 13.2 Å². The van der Waals surface area contributed by atoms with Crippen LogP contribution < -0.4 is 0 Å². The molecule has 0 saturated carbocycles. The van der Waals surface area contributed by atoms with Crippen LogP contribution in [0.25, 0.3) is 0 Å². The number of methoxy groups -OCH3 is 1. The zero-order valence-electron chi connectivity index (χ0n) is 10.2. The van der Waals surface area contributed by atoms with Crippen LogP contribution in [0, 0.1) is 0 Å². The van der Waals surface area contributed by atoms with Crippen molar-refractivity contribution in [1.29, 1.82) is 0 Å². The van der Waals surface area contributed by atoms with Gasteiger partial charge in [-0.15, -0.1) is 0 Å². The molecule has 0 unspecified atom stereocenters. The molecule has 0 saturated heterocycles. The molecule has 0 aromatic heterocycles. The predicted octanol–water partition coefficient (Wildman–Crippen LogP) is -0.373. The Morgan fingerprint density at radius 1 is 1.24 bits per heavy atom. The van der Waals surface area contributed by atoms with E-state index < -0.39 is 12.1 Å². The Morgan fingerprint density at radius 3 is 2.47 bits per heavy atom. The summed E-state index contributed by atoms with van der Waals surface area (Å²) in [5.41, 5.74) is 0. The summed E-state index contributed by atoms with van der Waals surface area (Å²) in [5.74, 6) is -0.510. The first-order chi connectivity index (χ1) is 8.15. The van der Waals surface area contributed by atoms with E-state index in [9.17, 15) is 9.59 Å². The van der Waals surface area contributed by atoms with Crippen LogP contribution in [0.15, 0.2) is 0 Å². The third-order valence-corrected chi connectivity index (χ3v) is 1.77. The van der Waals surface area contributed by atoms with E-state index in [2.05, 4.69) is 0 Å². The Kier molecular flexibility index (Phi) is 9.08. The zero-order chi connectivity index (χ0) is 13.1. The molecular weight excluding hydrogens is 230 g/mol. The lowest BCUT2D eigenvalue weighted by Gasteiger charge is -2.20. The van der Waals surface area contributed by atoms with Crippen molar-refractivity contribution < 1.29 is 28.9 Å². The maximum absolute atomic E-state index is 11.5. The molecule has 0 atom stereocenters. The maximum atomic E-state index is 11.5. The lowest BCUT2D eigenvalue weighted by atomic mass is 10.5. The van der Waals surface area contributed by atoms with Crippen molar-refractivity contribution in [3.63, 3.8) is 0 Å². The summed E-state index contributed by atoms with van der Waals surface area (Å²) >= 11 is 0. The van der Waals surface area contributed by atoms with Crippen molar-refractivity contribution >= 4 is 12.1 Å². The number of esters is 1. The molecule has 0 aromatic rings. The Morgan fingerprint density at radius 2 is 1.94 bits per heavy atom. The number of hydrogen-bond acceptors (Lipinski definition) is 6. The van der Waals surface area contributed by atoms with Crippen molar-refractivity contribution in [2.45, 2.75) is 6.92 Å². The normalized spacial score (nSPS) is 9.82. The number of ether oxygens (including phenoxy) is 3. The summed E-state index contributed by atoms with van der Waals surface area (Å²) in [7, 11) is 1.49. The third kappa shape index (κ3) is 7.53. The Labute approximate surface area is 100 Å². The second kappa shape index (κ2) is 9.86. The SMILES string of the molecule is CCOC(=O)CN(CCOC)C(=O)OCCO. The van der Waals surface area contributed by atoms with E-state index in [1.165, 1.54) is 7.11 Å². The molecule has 0 bridgehead atoms. The van der Waals surface area contributed by atoms with Gasteiger partial charge in [-0.3, -0.25) is 9.69 Å². The van der Waals surface area contributed by atoms with Crippen molar-refractivity contribution in [2.75, 3.05) is 46.6 Å². The fourth-order valence-electron chi connectivity index (χ4n) is 1.02. The van der Waals surface area contributed by atoms with Crippen molar-refractivity contribution in [1.82, 2.24) is 4.90 Å². The molecule has 7 nitrogen and oxygen atoms in total. The number of carbonyl (C=O) groups excluding carboxylic acids is 2. The van der Waals surface area contributed by atoms with Crippen LogP contribution in [0.3, 0.4) is 0 Å². The second-order valence-electron chi connectivity index (χ2n) is 3.06. The predicted molar refractivity (Wildman–Crippen MR) is 58.5 cm³/mol. The van der Waals surface area contributed by atoms with Crippen LogP contribution in [0.2, 0.25) is 0 Å². The molecule has 1 amide bonds. The molecule has 0 aromatic carbocycles. The van der Waals surface area contributed by atoms with E-state index in [0.717, 1.165) is 4.90 Å². The smallest absolute Gasteiger partial charge is 0.410 e. The van der Waals surface area contributed by atoms with Gasteiger partial charge < -0.3 is 19.3 Å². The fraction of sp³-hybridized carbons (Fsp3) is 0.800. The van der Waals surface area contributed by atoms with Crippen molar-refractivity contribution in [3.8, 4) is 0 Å². The number of carbonyl (C=O) groups is 2. The molecule has 17 heavy (non-hydrogen) atoms. The number of aliphatic hydroxyl groups is 1. The Hall–Kier alpha value is -1.34. The molecule has 7 heteroatoms. The first kappa shape index (κ1) is 15.7. The number of aliphatic hydroxyl groups excluding tert-OH is 1. The lowest BCUT2D eigenvalue weighted by molar-refractivity contribution is -0.144. The quantitative estimate of drug-likeness (QED) is 0.591. The minimum Gasteiger partial charge on any atom is -0.465 e. The topological polar surface area (TPSA) is 85.3 Å². The largest absolute Gasteiger partial charge is 0.465 e. The molecule has 1 N–H and O–H groups in total. The fourth-order valence-corrected chi connectivity index (χ4v) is 1.02. The first-order valence-corrected chi connectivity index (χ1v) is 5.32. The van der Waals surface area contributed by atoms with E-state index >= 15 is 0 Å². The van der Waals surface area contributed by atoms with E-state index in [1.807, 2.05) is 0 Å². The van der Waals surface area contributed by atoms with E-state index in [4.69, 9.17) is 19.3 Å². The van der Waals surface area contributed by atoms with Crippen LogP contribution in [0.1, 0.15) is 6.92 Å². The molecule has 0 aliphatic carbocycles. The van der Waals surface area contributed by atoms with Gasteiger partial charge in [0.25, 0.3) is 0 Å². The highest BCUT2D eigenvalue weighted by molar-refractivity contribution is 5.78. The number of nitrogens with zero attached hydrogens (tertiary/aromatic N) is 1. The first-order valence-electron chi connectivity index (χ1n) is 5.32. The van der Waals surface area contributed by atoms with E-state index in [0.29, 0.717) is 0 Å². The second-order valence-corrected chi connectivity index (χ2v) is 3.06. The Balaban J connectivity index is 4.20. The summed E-state index contributed by atoms with van der Waals surface area (Å²) in [6.45, 7) is 1.88. The molecule has 0 aliphatic rings. The Bertz CT molecular complexity index is 233. The molecule has 0 radical (unpaired) electrons. The van der Waals surface area contributed by atoms with Crippen LogP contribution in [-0.2, 0) is 19.0 Å². The summed E-state index contributed by atoms with van der Waals surface area (Å²) in [6.07, 6.45) is -0.677. The van der Waals surface area contributed by atoms with Crippen molar-refractivity contribution in [2.24, 2.45) is 0 Å². The van der Waals surface area contributed by atoms with Gasteiger partial charge in [-0.1, -0.05) is 0 Å². The number of rotatable bonds is 8. The number of hydrogen-bond donors (Lipinski definition) is 1. The van der Waals surface area contributed by atoms with Crippen LogP contribution in [0.5, 0.6) is 0 Å². The molecule has 0 fully saturated rings. The van der Waals surface area contributed by atoms with Gasteiger partial charge >= 0.3 is 12.1 Å². The third-order valence-electron chi connectivity index (χ3n) is 1.77. The molecule has 0 heterocycles. The molecule has 0 aliphatic heterocycles. The van der Waals surface area contributed by atoms with E-state index in [1.54, 1.807) is 6.92 Å². The van der Waals surface area contributed by atoms with Crippen LogP contribution in [0.4, 0.5) is 4.79 Å². The summed E-state index contributed by atoms with van der Waals surface area (Å²) in [6, 6.07) is 0. The van der Waals surface area contributed by atoms with Gasteiger partial charge in [0.2, 0.25) is 0 Å². The highest BCUT2D eigenvalue weighted by Crippen LogP contribution is 1.96. The minimum absolute atomic E-state index is 0.106. The van der Waals surface area contributed by atoms with Gasteiger partial charge in [-0.2, -0.15) is 0 Å². The summed E-state index contributed by atoms with van der Waals surface area (Å²) < 4.78 is 14.2. The lowest BCUT2D eigenvalue weighted by Crippen LogP contribution is -2.39. The van der Waals surface area contributed by atoms with Crippen LogP contribution >= 0.6 is 0 Å². The van der Waals surface area contributed by atoms with Gasteiger partial charge in [0.05, 0.1) is 19.8 Å². The maximum Gasteiger partial charge on any atom is 0.410 e. The average molecular weight is 249 g/mol. The van der Waals surface area contributed by atoms with Gasteiger partial charge in [0, 0.05) is 13.7 Å². The summed E-state index contributed by atoms with van der Waals surface area (Å²) in [5, 5.41) is 8.53. The van der Waals surface area contributed by atoms with E-state index in [-0.39, 0.29) is 39.5 Å². The van der Waals surface area contributed by atoms with Gasteiger partial charge in [-0.25, -0.2) is 4.79 Å². The molecule has 0 spiro atoms. The van der Waals surface area contributed by atoms with Gasteiger partial charge in [0.15, 0.2) is 0 Å². The van der Waals surface area contributed by atoms with Crippen LogP contribution in [-0.4, -0.2) is 68.7 Å². The van der Waals surface area contributed by atoms with Crippen molar-refractivity contribution in [3.05, 3.63) is 0 Å². The average Bonchev–Trinajstić information content (AvgIpc) is 2.31. The summed E-state index contributed by atoms with van der Waals surface area (Å²) in [4.78, 5) is 23.9. The monoisotopic (exact) mass is 249 g/mol. The standard InChI is InChI=1S/C10H19NO6/c1-3-16-9(13)8-11(4-6-15-2)10(14)17-7-5-12/h12H,3-8H2,1-2H3. The highest BCUT2D eigenvalue weighted by Gasteiger charge is 2.18. The minimum atomic E-state index is -0.677. The number of amides is 1.